The zero-order valence-electron chi connectivity index (χ0n) is 21.3. The summed E-state index contributed by atoms with van der Waals surface area (Å²) in [4.78, 5) is 13.2. The Balaban J connectivity index is 1.98. The summed E-state index contributed by atoms with van der Waals surface area (Å²) in [6.45, 7) is 3.39. The van der Waals surface area contributed by atoms with Crippen molar-refractivity contribution in [1.29, 1.82) is 0 Å². The highest BCUT2D eigenvalue weighted by atomic mass is 32.2. The van der Waals surface area contributed by atoms with Crippen LogP contribution in [0.25, 0.3) is 0 Å². The second-order valence-corrected chi connectivity index (χ2v) is 11.5. The van der Waals surface area contributed by atoms with Gasteiger partial charge in [0, 0.05) is 25.9 Å². The summed E-state index contributed by atoms with van der Waals surface area (Å²) in [7, 11) is -4.08. The minimum Gasteiger partial charge on any atom is -0.465 e. The van der Waals surface area contributed by atoms with Gasteiger partial charge in [-0.1, -0.05) is 56.3 Å². The quantitative estimate of drug-likeness (QED) is 0.308. The average molecular weight is 547 g/mol. The third kappa shape index (κ3) is 7.59. The van der Waals surface area contributed by atoms with Crippen molar-refractivity contribution in [1.82, 2.24) is 9.21 Å². The van der Waals surface area contributed by atoms with Crippen LogP contribution in [0.3, 0.4) is 0 Å². The fourth-order valence-corrected chi connectivity index (χ4v) is 5.79. The van der Waals surface area contributed by atoms with E-state index in [0.717, 1.165) is 17.0 Å². The molecule has 0 radical (unpaired) electrons. The summed E-state index contributed by atoms with van der Waals surface area (Å²) in [5.74, 6) is -1.15. The summed E-state index contributed by atoms with van der Waals surface area (Å²) < 4.78 is 55.0. The number of aliphatic hydroxyl groups is 1. The van der Waals surface area contributed by atoms with Crippen LogP contribution in [-0.4, -0.2) is 52.7 Å². The highest BCUT2D eigenvalue weighted by molar-refractivity contribution is 7.89. The molecule has 204 valence electrons. The van der Waals surface area contributed by atoms with E-state index in [1.165, 1.54) is 40.7 Å². The predicted molar refractivity (Wildman–Crippen MR) is 140 cm³/mol. The number of carboxylic acid groups (broad SMARTS) is 1. The molecule has 0 fully saturated rings. The fourth-order valence-electron chi connectivity index (χ4n) is 4.18. The van der Waals surface area contributed by atoms with Crippen molar-refractivity contribution in [3.8, 4) is 0 Å². The molecule has 1 atom stereocenters. The molecule has 1 amide bonds. The predicted octanol–water partition coefficient (Wildman–Crippen LogP) is 5.11. The van der Waals surface area contributed by atoms with Gasteiger partial charge in [0.1, 0.15) is 17.4 Å². The van der Waals surface area contributed by atoms with Crippen molar-refractivity contribution >= 4 is 16.1 Å². The van der Waals surface area contributed by atoms with Gasteiger partial charge in [0.25, 0.3) is 0 Å². The molecule has 3 aromatic carbocycles. The van der Waals surface area contributed by atoms with Crippen molar-refractivity contribution in [3.05, 3.63) is 102 Å². The first-order valence-electron chi connectivity index (χ1n) is 12.2. The van der Waals surface area contributed by atoms with Crippen LogP contribution in [0, 0.1) is 17.6 Å². The number of sulfonamides is 1. The molecule has 0 bridgehead atoms. The van der Waals surface area contributed by atoms with Crippen molar-refractivity contribution in [2.75, 3.05) is 13.1 Å². The fraction of sp³-hybridized carbons (Fsp3) is 0.321. The molecule has 0 saturated carbocycles. The van der Waals surface area contributed by atoms with Crippen LogP contribution < -0.4 is 0 Å². The Morgan fingerprint density at radius 3 is 1.97 bits per heavy atom. The third-order valence-corrected chi connectivity index (χ3v) is 7.98. The van der Waals surface area contributed by atoms with Gasteiger partial charge in [-0.15, -0.1) is 0 Å². The van der Waals surface area contributed by atoms with Crippen LogP contribution in [0.4, 0.5) is 13.6 Å². The number of benzene rings is 3. The molecule has 0 aromatic heterocycles. The van der Waals surface area contributed by atoms with Crippen LogP contribution in [-0.2, 0) is 23.0 Å². The monoisotopic (exact) mass is 546 g/mol. The van der Waals surface area contributed by atoms with Gasteiger partial charge in [-0.3, -0.25) is 4.90 Å². The summed E-state index contributed by atoms with van der Waals surface area (Å²) >= 11 is 0. The SMILES string of the molecule is CC(C)CN(CCC(O)(Cc1ccc(F)cc1)N(Cc1ccccc1)C(=O)O)S(=O)(=O)c1ccc(F)cc1. The molecule has 1 unspecified atom stereocenters. The molecule has 0 heterocycles. The molecular weight excluding hydrogens is 514 g/mol. The van der Waals surface area contributed by atoms with Crippen LogP contribution in [0.15, 0.2) is 83.8 Å². The summed E-state index contributed by atoms with van der Waals surface area (Å²) in [5, 5.41) is 22.0. The van der Waals surface area contributed by atoms with E-state index in [-0.39, 0.29) is 43.3 Å². The molecule has 3 rings (SSSR count). The van der Waals surface area contributed by atoms with Crippen molar-refractivity contribution in [2.24, 2.45) is 5.92 Å². The lowest BCUT2D eigenvalue weighted by atomic mass is 9.96. The number of hydrogen-bond acceptors (Lipinski definition) is 4. The van der Waals surface area contributed by atoms with E-state index in [1.807, 2.05) is 13.8 Å². The summed E-state index contributed by atoms with van der Waals surface area (Å²) in [6, 6.07) is 18.5. The van der Waals surface area contributed by atoms with Crippen molar-refractivity contribution in [2.45, 2.75) is 43.9 Å². The van der Waals surface area contributed by atoms with Crippen LogP contribution in [0.2, 0.25) is 0 Å². The molecule has 10 heteroatoms. The first-order valence-corrected chi connectivity index (χ1v) is 13.6. The summed E-state index contributed by atoms with van der Waals surface area (Å²) in [5.41, 5.74) is -0.928. The lowest BCUT2D eigenvalue weighted by Crippen LogP contribution is -2.54. The Labute approximate surface area is 222 Å². The molecule has 0 saturated heterocycles. The molecule has 0 aliphatic heterocycles. The number of nitrogens with zero attached hydrogens (tertiary/aromatic N) is 2. The van der Waals surface area contributed by atoms with Crippen molar-refractivity contribution in [3.63, 3.8) is 0 Å². The Bertz CT molecular complexity index is 1300. The normalized spacial score (nSPS) is 13.4. The highest BCUT2D eigenvalue weighted by Gasteiger charge is 2.40. The van der Waals surface area contributed by atoms with Gasteiger partial charge in [0.15, 0.2) is 0 Å². The maximum atomic E-state index is 13.5. The van der Waals surface area contributed by atoms with Crippen LogP contribution in [0.5, 0.6) is 0 Å². The van der Waals surface area contributed by atoms with Crippen molar-refractivity contribution < 1.29 is 32.2 Å². The average Bonchev–Trinajstić information content (AvgIpc) is 2.87. The Hall–Kier alpha value is -3.34. The Kier molecular flexibility index (Phi) is 9.59. The maximum Gasteiger partial charge on any atom is 0.409 e. The molecule has 38 heavy (non-hydrogen) atoms. The molecule has 7 nitrogen and oxygen atoms in total. The molecule has 3 aromatic rings. The van der Waals surface area contributed by atoms with Crippen LogP contribution in [0.1, 0.15) is 31.4 Å². The lowest BCUT2D eigenvalue weighted by molar-refractivity contribution is -0.103. The van der Waals surface area contributed by atoms with Gasteiger partial charge in [-0.05, 0) is 53.4 Å². The zero-order chi connectivity index (χ0) is 27.9. The number of amides is 1. The number of rotatable bonds is 12. The zero-order valence-corrected chi connectivity index (χ0v) is 22.1. The molecule has 0 aliphatic carbocycles. The van der Waals surface area contributed by atoms with E-state index in [4.69, 9.17) is 0 Å². The van der Waals surface area contributed by atoms with Gasteiger partial charge in [0.05, 0.1) is 11.4 Å². The van der Waals surface area contributed by atoms with E-state index in [0.29, 0.717) is 11.1 Å². The first-order chi connectivity index (χ1) is 17.9. The van der Waals surface area contributed by atoms with E-state index >= 15 is 0 Å². The van der Waals surface area contributed by atoms with Crippen LogP contribution >= 0.6 is 0 Å². The number of halogens is 2. The van der Waals surface area contributed by atoms with E-state index in [1.54, 1.807) is 30.3 Å². The standard InChI is InChI=1S/C28H32F2N2O5S/c1-21(2)19-31(38(36,37)26-14-12-25(30)13-15-26)17-16-28(35,18-22-8-10-24(29)11-9-22)32(27(33)34)20-23-6-4-3-5-7-23/h3-15,21,35H,16-20H2,1-2H3,(H,33,34). The first kappa shape index (κ1) is 29.2. The molecular formula is C28H32F2N2O5S. The summed E-state index contributed by atoms with van der Waals surface area (Å²) in [6.07, 6.45) is -1.86. The second kappa shape index (κ2) is 12.5. The van der Waals surface area contributed by atoms with Gasteiger partial charge in [-0.2, -0.15) is 4.31 Å². The second-order valence-electron chi connectivity index (χ2n) is 9.60. The molecule has 0 aliphatic rings. The van der Waals surface area contributed by atoms with E-state index in [9.17, 15) is 32.2 Å². The third-order valence-electron chi connectivity index (χ3n) is 6.10. The molecule has 2 N–H and O–H groups in total. The maximum absolute atomic E-state index is 13.5. The Morgan fingerprint density at radius 1 is 0.895 bits per heavy atom. The van der Waals surface area contributed by atoms with Gasteiger partial charge < -0.3 is 10.2 Å². The van der Waals surface area contributed by atoms with Gasteiger partial charge >= 0.3 is 6.09 Å². The molecule has 0 spiro atoms. The number of carbonyl (C=O) groups is 1. The van der Waals surface area contributed by atoms with E-state index < -0.39 is 33.5 Å². The lowest BCUT2D eigenvalue weighted by Gasteiger charge is -2.39. The van der Waals surface area contributed by atoms with Gasteiger partial charge in [-0.25, -0.2) is 22.0 Å². The minimum atomic E-state index is -4.08. The number of hydrogen-bond donors (Lipinski definition) is 2. The van der Waals surface area contributed by atoms with Gasteiger partial charge in [0.2, 0.25) is 10.0 Å². The van der Waals surface area contributed by atoms with E-state index in [2.05, 4.69) is 0 Å². The Morgan fingerprint density at radius 2 is 1.45 bits per heavy atom. The largest absolute Gasteiger partial charge is 0.465 e. The highest BCUT2D eigenvalue weighted by Crippen LogP contribution is 2.28. The smallest absolute Gasteiger partial charge is 0.409 e. The minimum absolute atomic E-state index is 0.0877. The topological polar surface area (TPSA) is 98.2 Å².